The van der Waals surface area contributed by atoms with E-state index in [2.05, 4.69) is 22.8 Å². The van der Waals surface area contributed by atoms with Gasteiger partial charge >= 0.3 is 0 Å². The SMILES string of the molecule is CN1CCC(NNCc2ccc(F)cc2)CC1. The van der Waals surface area contributed by atoms with Gasteiger partial charge in [-0.2, -0.15) is 0 Å². The zero-order chi connectivity index (χ0) is 12.1. The number of halogens is 1. The number of hydrazine groups is 1. The second-order valence-electron chi connectivity index (χ2n) is 4.70. The molecule has 1 aromatic carbocycles. The lowest BCUT2D eigenvalue weighted by molar-refractivity contribution is 0.222. The van der Waals surface area contributed by atoms with Gasteiger partial charge in [-0.25, -0.2) is 4.39 Å². The van der Waals surface area contributed by atoms with Crippen molar-refractivity contribution in [1.82, 2.24) is 15.8 Å². The van der Waals surface area contributed by atoms with Crippen LogP contribution in [0, 0.1) is 5.82 Å². The molecule has 2 N–H and O–H groups in total. The van der Waals surface area contributed by atoms with Crippen molar-refractivity contribution in [3.63, 3.8) is 0 Å². The first-order valence-corrected chi connectivity index (χ1v) is 6.15. The first-order valence-electron chi connectivity index (χ1n) is 6.15. The molecule has 0 amide bonds. The number of hydrogen-bond acceptors (Lipinski definition) is 3. The molecule has 0 aliphatic carbocycles. The topological polar surface area (TPSA) is 27.3 Å². The summed E-state index contributed by atoms with van der Waals surface area (Å²) in [7, 11) is 2.15. The Morgan fingerprint density at radius 3 is 2.53 bits per heavy atom. The van der Waals surface area contributed by atoms with Crippen molar-refractivity contribution in [3.8, 4) is 0 Å². The molecule has 0 unspecified atom stereocenters. The van der Waals surface area contributed by atoms with E-state index in [0.29, 0.717) is 6.04 Å². The van der Waals surface area contributed by atoms with Crippen molar-refractivity contribution < 1.29 is 4.39 Å². The predicted octanol–water partition coefficient (Wildman–Crippen LogP) is 1.51. The third-order valence-corrected chi connectivity index (χ3v) is 3.23. The van der Waals surface area contributed by atoms with Gasteiger partial charge in [0.05, 0.1) is 0 Å². The minimum absolute atomic E-state index is 0.183. The Morgan fingerprint density at radius 1 is 1.24 bits per heavy atom. The maximum absolute atomic E-state index is 12.7. The maximum Gasteiger partial charge on any atom is 0.123 e. The number of rotatable bonds is 4. The van der Waals surface area contributed by atoms with E-state index in [0.717, 1.165) is 25.2 Å². The Balaban J connectivity index is 1.67. The summed E-state index contributed by atoms with van der Waals surface area (Å²) < 4.78 is 12.7. The van der Waals surface area contributed by atoms with Gasteiger partial charge in [0.2, 0.25) is 0 Å². The molecule has 0 spiro atoms. The molecule has 1 heterocycles. The Kier molecular flexibility index (Phi) is 4.48. The number of likely N-dealkylation sites (tertiary alicyclic amines) is 1. The van der Waals surface area contributed by atoms with Crippen LogP contribution in [0.4, 0.5) is 4.39 Å². The minimum Gasteiger partial charge on any atom is -0.306 e. The summed E-state index contributed by atoms with van der Waals surface area (Å²) in [6.07, 6.45) is 2.35. The lowest BCUT2D eigenvalue weighted by Crippen LogP contribution is -2.46. The summed E-state index contributed by atoms with van der Waals surface area (Å²) in [5, 5.41) is 0. The van der Waals surface area contributed by atoms with Crippen LogP contribution in [-0.4, -0.2) is 31.1 Å². The molecule has 2 rings (SSSR count). The van der Waals surface area contributed by atoms with Crippen LogP contribution in [0.3, 0.4) is 0 Å². The summed E-state index contributed by atoms with van der Waals surface area (Å²) in [5.74, 6) is -0.183. The molecule has 4 heteroatoms. The summed E-state index contributed by atoms with van der Waals surface area (Å²) in [6, 6.07) is 7.14. The zero-order valence-electron chi connectivity index (χ0n) is 10.2. The van der Waals surface area contributed by atoms with Crippen molar-refractivity contribution in [2.75, 3.05) is 20.1 Å². The van der Waals surface area contributed by atoms with E-state index in [4.69, 9.17) is 0 Å². The first kappa shape index (κ1) is 12.5. The van der Waals surface area contributed by atoms with E-state index >= 15 is 0 Å². The number of nitrogens with zero attached hydrogens (tertiary/aromatic N) is 1. The van der Waals surface area contributed by atoms with Gasteiger partial charge in [-0.05, 0) is 50.7 Å². The van der Waals surface area contributed by atoms with Crippen LogP contribution in [0.2, 0.25) is 0 Å². The fraction of sp³-hybridized carbons (Fsp3) is 0.538. The fourth-order valence-corrected chi connectivity index (χ4v) is 2.05. The molecule has 1 aliphatic heterocycles. The van der Waals surface area contributed by atoms with Crippen molar-refractivity contribution in [3.05, 3.63) is 35.6 Å². The third-order valence-electron chi connectivity index (χ3n) is 3.23. The standard InChI is InChI=1S/C13H20FN3/c1-17-8-6-13(7-9-17)16-15-10-11-2-4-12(14)5-3-11/h2-5,13,15-16H,6-10H2,1H3. The monoisotopic (exact) mass is 237 g/mol. The van der Waals surface area contributed by atoms with E-state index in [1.165, 1.54) is 25.0 Å². The van der Waals surface area contributed by atoms with Gasteiger partial charge in [0.15, 0.2) is 0 Å². The number of piperidine rings is 1. The van der Waals surface area contributed by atoms with Crippen molar-refractivity contribution >= 4 is 0 Å². The highest BCUT2D eigenvalue weighted by molar-refractivity contribution is 5.15. The summed E-state index contributed by atoms with van der Waals surface area (Å²) in [6.45, 7) is 3.03. The maximum atomic E-state index is 12.7. The Hall–Kier alpha value is -0.970. The molecular weight excluding hydrogens is 217 g/mol. The van der Waals surface area contributed by atoms with Gasteiger partial charge in [0, 0.05) is 12.6 Å². The van der Waals surface area contributed by atoms with Gasteiger partial charge in [-0.3, -0.25) is 10.9 Å². The second kappa shape index (κ2) is 6.10. The van der Waals surface area contributed by atoms with Gasteiger partial charge < -0.3 is 4.90 Å². The van der Waals surface area contributed by atoms with Crippen LogP contribution in [0.25, 0.3) is 0 Å². The molecule has 0 saturated carbocycles. The van der Waals surface area contributed by atoms with Crippen LogP contribution >= 0.6 is 0 Å². The van der Waals surface area contributed by atoms with Crippen LogP contribution in [0.5, 0.6) is 0 Å². The molecule has 17 heavy (non-hydrogen) atoms. The van der Waals surface area contributed by atoms with Gasteiger partial charge in [-0.1, -0.05) is 12.1 Å². The number of nitrogens with one attached hydrogen (secondary N) is 2. The van der Waals surface area contributed by atoms with E-state index in [9.17, 15) is 4.39 Å². The molecule has 0 atom stereocenters. The fourth-order valence-electron chi connectivity index (χ4n) is 2.05. The quantitative estimate of drug-likeness (QED) is 0.777. The Labute approximate surface area is 102 Å². The van der Waals surface area contributed by atoms with Crippen LogP contribution in [0.1, 0.15) is 18.4 Å². The van der Waals surface area contributed by atoms with Gasteiger partial charge in [0.25, 0.3) is 0 Å². The second-order valence-corrected chi connectivity index (χ2v) is 4.70. The molecule has 0 radical (unpaired) electrons. The molecule has 1 aromatic rings. The van der Waals surface area contributed by atoms with Crippen LogP contribution < -0.4 is 10.9 Å². The summed E-state index contributed by atoms with van der Waals surface area (Å²) >= 11 is 0. The molecule has 1 saturated heterocycles. The molecule has 94 valence electrons. The van der Waals surface area contributed by atoms with Crippen molar-refractivity contribution in [2.45, 2.75) is 25.4 Å². The highest BCUT2D eigenvalue weighted by Gasteiger charge is 2.15. The third kappa shape index (κ3) is 4.07. The Morgan fingerprint density at radius 2 is 1.88 bits per heavy atom. The van der Waals surface area contributed by atoms with E-state index < -0.39 is 0 Å². The van der Waals surface area contributed by atoms with Gasteiger partial charge in [0.1, 0.15) is 5.82 Å². The lowest BCUT2D eigenvalue weighted by atomic mass is 10.1. The minimum atomic E-state index is -0.183. The summed E-state index contributed by atoms with van der Waals surface area (Å²) in [5.41, 5.74) is 7.64. The van der Waals surface area contributed by atoms with Gasteiger partial charge in [-0.15, -0.1) is 0 Å². The van der Waals surface area contributed by atoms with Crippen molar-refractivity contribution in [2.24, 2.45) is 0 Å². The number of hydrogen-bond donors (Lipinski definition) is 2. The molecule has 0 bridgehead atoms. The number of benzene rings is 1. The smallest absolute Gasteiger partial charge is 0.123 e. The molecular formula is C13H20FN3. The highest BCUT2D eigenvalue weighted by Crippen LogP contribution is 2.07. The van der Waals surface area contributed by atoms with Crippen LogP contribution in [0.15, 0.2) is 24.3 Å². The zero-order valence-corrected chi connectivity index (χ0v) is 10.2. The predicted molar refractivity (Wildman–Crippen MR) is 66.9 cm³/mol. The molecule has 0 aromatic heterocycles. The van der Waals surface area contributed by atoms with E-state index in [1.807, 2.05) is 0 Å². The highest BCUT2D eigenvalue weighted by atomic mass is 19.1. The average molecular weight is 237 g/mol. The lowest BCUT2D eigenvalue weighted by Gasteiger charge is -2.29. The first-order chi connectivity index (χ1) is 8.24. The summed E-state index contributed by atoms with van der Waals surface area (Å²) in [4.78, 5) is 2.35. The van der Waals surface area contributed by atoms with E-state index in [-0.39, 0.29) is 5.82 Å². The normalized spacial score (nSPS) is 18.5. The van der Waals surface area contributed by atoms with Crippen LogP contribution in [-0.2, 0) is 6.54 Å². The molecule has 3 nitrogen and oxygen atoms in total. The van der Waals surface area contributed by atoms with E-state index in [1.54, 1.807) is 12.1 Å². The average Bonchev–Trinajstić information content (AvgIpc) is 2.34. The largest absolute Gasteiger partial charge is 0.306 e. The Bertz CT molecular complexity index is 331. The molecule has 1 fully saturated rings. The molecule has 1 aliphatic rings. The van der Waals surface area contributed by atoms with Crippen molar-refractivity contribution in [1.29, 1.82) is 0 Å².